The van der Waals surface area contributed by atoms with Crippen LogP contribution in [0.4, 0.5) is 0 Å². The van der Waals surface area contributed by atoms with Gasteiger partial charge in [-0.1, -0.05) is 5.92 Å². The average molecular weight is 272 g/mol. The first kappa shape index (κ1) is 9.40. The van der Waals surface area contributed by atoms with Crippen molar-refractivity contribution in [1.82, 2.24) is 0 Å². The molecule has 0 saturated carbocycles. The Balaban J connectivity index is 2.77. The molecule has 0 amide bonds. The Bertz CT molecular complexity index is 312. The Morgan fingerprint density at radius 2 is 2.33 bits per heavy atom. The minimum Gasteiger partial charge on any atom is -0.481 e. The second-order valence-corrected chi connectivity index (χ2v) is 3.57. The monoisotopic (exact) mass is 272 g/mol. The van der Waals surface area contributed by atoms with Crippen molar-refractivity contribution in [2.75, 3.05) is 6.61 Å². The highest BCUT2D eigenvalue weighted by atomic mass is 127. The smallest absolute Gasteiger partial charge is 0.148 e. The summed E-state index contributed by atoms with van der Waals surface area (Å²) < 4.78 is 6.49. The lowest BCUT2D eigenvalue weighted by Gasteiger charge is -2.03. The van der Waals surface area contributed by atoms with Gasteiger partial charge < -0.3 is 4.74 Å². The normalized spacial score (nSPS) is 9.08. The van der Waals surface area contributed by atoms with Crippen molar-refractivity contribution >= 4 is 22.6 Å². The molecule has 0 aromatic heterocycles. The molecule has 0 saturated heterocycles. The molecule has 0 aliphatic rings. The number of terminal acetylenes is 1. The molecule has 1 rings (SSSR count). The summed E-state index contributed by atoms with van der Waals surface area (Å²) in [6.07, 6.45) is 5.07. The molecular weight excluding hydrogens is 263 g/mol. The fourth-order valence-corrected chi connectivity index (χ4v) is 1.17. The van der Waals surface area contributed by atoms with E-state index in [2.05, 4.69) is 28.5 Å². The molecule has 0 heterocycles. The SMILES string of the molecule is C#CCOc1ccc(I)c(C)c1. The molecule has 0 aliphatic carbocycles. The molecule has 0 atom stereocenters. The summed E-state index contributed by atoms with van der Waals surface area (Å²) in [6.45, 7) is 2.38. The van der Waals surface area contributed by atoms with Crippen LogP contribution in [0.25, 0.3) is 0 Å². The largest absolute Gasteiger partial charge is 0.481 e. The highest BCUT2D eigenvalue weighted by Crippen LogP contribution is 2.18. The van der Waals surface area contributed by atoms with Gasteiger partial charge in [0.05, 0.1) is 0 Å². The number of rotatable bonds is 2. The van der Waals surface area contributed by atoms with Gasteiger partial charge in [0.25, 0.3) is 0 Å². The number of hydrogen-bond donors (Lipinski definition) is 0. The molecule has 62 valence electrons. The second kappa shape index (κ2) is 4.36. The van der Waals surface area contributed by atoms with Crippen LogP contribution < -0.4 is 4.74 Å². The second-order valence-electron chi connectivity index (χ2n) is 2.40. The minimum atomic E-state index is 0.333. The van der Waals surface area contributed by atoms with Gasteiger partial charge in [0.15, 0.2) is 0 Å². The van der Waals surface area contributed by atoms with Crippen molar-refractivity contribution in [3.8, 4) is 18.1 Å². The maximum atomic E-state index is 5.25. The standard InChI is InChI=1S/C10H9IO/c1-3-6-12-9-4-5-10(11)8(2)7-9/h1,4-5,7H,6H2,2H3. The van der Waals surface area contributed by atoms with Crippen LogP contribution >= 0.6 is 22.6 Å². The molecular formula is C10H9IO. The highest BCUT2D eigenvalue weighted by molar-refractivity contribution is 14.1. The van der Waals surface area contributed by atoms with Crippen molar-refractivity contribution in [3.63, 3.8) is 0 Å². The van der Waals surface area contributed by atoms with E-state index in [1.165, 1.54) is 9.13 Å². The molecule has 0 bridgehead atoms. The molecule has 1 nitrogen and oxygen atoms in total. The van der Waals surface area contributed by atoms with E-state index in [-0.39, 0.29) is 0 Å². The molecule has 0 N–H and O–H groups in total. The zero-order chi connectivity index (χ0) is 8.97. The average Bonchev–Trinajstić information content (AvgIpc) is 2.07. The third-order valence-electron chi connectivity index (χ3n) is 1.45. The topological polar surface area (TPSA) is 9.23 Å². The molecule has 1 aromatic carbocycles. The Kier molecular flexibility index (Phi) is 3.42. The maximum Gasteiger partial charge on any atom is 0.148 e. The van der Waals surface area contributed by atoms with Crippen LogP contribution in [0, 0.1) is 22.8 Å². The lowest BCUT2D eigenvalue weighted by atomic mass is 10.2. The molecule has 0 fully saturated rings. The summed E-state index contributed by atoms with van der Waals surface area (Å²) in [5.41, 5.74) is 1.21. The number of halogens is 1. The van der Waals surface area contributed by atoms with E-state index in [0.717, 1.165) is 5.75 Å². The fraction of sp³-hybridized carbons (Fsp3) is 0.200. The van der Waals surface area contributed by atoms with E-state index < -0.39 is 0 Å². The molecule has 0 spiro atoms. The summed E-state index contributed by atoms with van der Waals surface area (Å²) in [7, 11) is 0. The zero-order valence-corrected chi connectivity index (χ0v) is 8.96. The van der Waals surface area contributed by atoms with E-state index in [1.54, 1.807) is 0 Å². The lowest BCUT2D eigenvalue weighted by Crippen LogP contribution is -1.93. The number of hydrogen-bond acceptors (Lipinski definition) is 1. The van der Waals surface area contributed by atoms with Gasteiger partial charge in [-0.2, -0.15) is 0 Å². The summed E-state index contributed by atoms with van der Waals surface area (Å²) in [4.78, 5) is 0. The Hall–Kier alpha value is -0.690. The van der Waals surface area contributed by atoms with Gasteiger partial charge in [0.2, 0.25) is 0 Å². The fourth-order valence-electron chi connectivity index (χ4n) is 0.832. The van der Waals surface area contributed by atoms with E-state index >= 15 is 0 Å². The highest BCUT2D eigenvalue weighted by Gasteiger charge is 1.96. The van der Waals surface area contributed by atoms with Gasteiger partial charge in [-0.15, -0.1) is 6.42 Å². The van der Waals surface area contributed by atoms with Gasteiger partial charge in [-0.25, -0.2) is 0 Å². The molecule has 0 unspecified atom stereocenters. The summed E-state index contributed by atoms with van der Waals surface area (Å²) in [6, 6.07) is 5.92. The Labute approximate surface area is 86.3 Å². The van der Waals surface area contributed by atoms with Crippen LogP contribution in [0.15, 0.2) is 18.2 Å². The summed E-state index contributed by atoms with van der Waals surface area (Å²) >= 11 is 2.28. The molecule has 2 heteroatoms. The molecule has 12 heavy (non-hydrogen) atoms. The van der Waals surface area contributed by atoms with Crippen LogP contribution in [0.5, 0.6) is 5.75 Å². The first-order chi connectivity index (χ1) is 5.74. The summed E-state index contributed by atoms with van der Waals surface area (Å²) in [5, 5.41) is 0. The van der Waals surface area contributed by atoms with Crippen LogP contribution in [0.2, 0.25) is 0 Å². The van der Waals surface area contributed by atoms with Crippen LogP contribution in [0.3, 0.4) is 0 Å². The number of aryl methyl sites for hydroxylation is 1. The predicted octanol–water partition coefficient (Wildman–Crippen LogP) is 2.61. The van der Waals surface area contributed by atoms with Crippen LogP contribution in [0.1, 0.15) is 5.56 Å². The van der Waals surface area contributed by atoms with Gasteiger partial charge in [-0.3, -0.25) is 0 Å². The van der Waals surface area contributed by atoms with Crippen molar-refractivity contribution in [1.29, 1.82) is 0 Å². The predicted molar refractivity (Wildman–Crippen MR) is 58.2 cm³/mol. The molecule has 0 radical (unpaired) electrons. The van der Waals surface area contributed by atoms with Crippen LogP contribution in [-0.2, 0) is 0 Å². The zero-order valence-electron chi connectivity index (χ0n) is 6.80. The molecule has 0 aliphatic heterocycles. The number of ether oxygens (including phenoxy) is 1. The van der Waals surface area contributed by atoms with E-state index in [0.29, 0.717) is 6.61 Å². The van der Waals surface area contributed by atoms with Crippen molar-refractivity contribution < 1.29 is 4.74 Å². The van der Waals surface area contributed by atoms with Gasteiger partial charge in [0.1, 0.15) is 12.4 Å². The quantitative estimate of drug-likeness (QED) is 0.594. The third kappa shape index (κ3) is 2.42. The Morgan fingerprint density at radius 1 is 1.58 bits per heavy atom. The number of benzene rings is 1. The first-order valence-corrected chi connectivity index (χ1v) is 4.64. The van der Waals surface area contributed by atoms with E-state index in [9.17, 15) is 0 Å². The van der Waals surface area contributed by atoms with E-state index in [1.807, 2.05) is 25.1 Å². The lowest BCUT2D eigenvalue weighted by molar-refractivity contribution is 0.370. The summed E-state index contributed by atoms with van der Waals surface area (Å²) in [5.74, 6) is 3.26. The van der Waals surface area contributed by atoms with Gasteiger partial charge in [-0.05, 0) is 53.3 Å². The molecule has 1 aromatic rings. The minimum absolute atomic E-state index is 0.333. The van der Waals surface area contributed by atoms with Gasteiger partial charge >= 0.3 is 0 Å². The van der Waals surface area contributed by atoms with E-state index in [4.69, 9.17) is 11.2 Å². The van der Waals surface area contributed by atoms with Crippen molar-refractivity contribution in [2.24, 2.45) is 0 Å². The van der Waals surface area contributed by atoms with Crippen LogP contribution in [-0.4, -0.2) is 6.61 Å². The maximum absolute atomic E-state index is 5.25. The Morgan fingerprint density at radius 3 is 2.92 bits per heavy atom. The first-order valence-electron chi connectivity index (χ1n) is 3.56. The van der Waals surface area contributed by atoms with Gasteiger partial charge in [0, 0.05) is 3.57 Å². The van der Waals surface area contributed by atoms with Crippen molar-refractivity contribution in [3.05, 3.63) is 27.3 Å². The third-order valence-corrected chi connectivity index (χ3v) is 2.66. The van der Waals surface area contributed by atoms with Crippen molar-refractivity contribution in [2.45, 2.75) is 6.92 Å².